The van der Waals surface area contributed by atoms with E-state index >= 15 is 0 Å². The molecule has 2 aromatic heterocycles. The van der Waals surface area contributed by atoms with Crippen LogP contribution in [0.15, 0.2) is 45.9 Å². The van der Waals surface area contributed by atoms with Crippen molar-refractivity contribution >= 4 is 44.9 Å². The van der Waals surface area contributed by atoms with Crippen molar-refractivity contribution in [3.63, 3.8) is 0 Å². The number of nitriles is 1. The molecular weight excluding hydrogens is 464 g/mol. The second-order valence-corrected chi connectivity index (χ2v) is 10.8. The normalized spacial score (nSPS) is 15.1. The van der Waals surface area contributed by atoms with Gasteiger partial charge in [0.25, 0.3) is 5.56 Å². The highest BCUT2D eigenvalue weighted by Crippen LogP contribution is 2.38. The lowest BCUT2D eigenvalue weighted by Crippen LogP contribution is -2.24. The van der Waals surface area contributed by atoms with Crippen molar-refractivity contribution in [1.29, 1.82) is 5.26 Å². The number of nitrogens with zero attached hydrogens (tertiary/aromatic N) is 3. The van der Waals surface area contributed by atoms with E-state index in [1.54, 1.807) is 4.57 Å². The first kappa shape index (κ1) is 22.9. The van der Waals surface area contributed by atoms with E-state index in [0.717, 1.165) is 44.1 Å². The summed E-state index contributed by atoms with van der Waals surface area (Å²) in [5.41, 5.74) is 3.68. The number of amides is 1. The zero-order valence-electron chi connectivity index (χ0n) is 18.9. The molecule has 3 aromatic rings. The Morgan fingerprint density at radius 3 is 2.91 bits per heavy atom. The van der Waals surface area contributed by atoms with Crippen LogP contribution in [0.3, 0.4) is 0 Å². The number of anilines is 1. The van der Waals surface area contributed by atoms with Gasteiger partial charge in [-0.3, -0.25) is 14.2 Å². The van der Waals surface area contributed by atoms with Crippen LogP contribution in [0.2, 0.25) is 0 Å². The molecule has 34 heavy (non-hydrogen) atoms. The summed E-state index contributed by atoms with van der Waals surface area (Å²) in [5.74, 6) is -0.0636. The Hall–Kier alpha value is -2.89. The lowest BCUT2D eigenvalue weighted by Gasteiger charge is -2.16. The molecule has 0 saturated heterocycles. The van der Waals surface area contributed by atoms with Crippen LogP contribution in [-0.4, -0.2) is 21.2 Å². The van der Waals surface area contributed by atoms with Crippen molar-refractivity contribution in [1.82, 2.24) is 9.55 Å². The summed E-state index contributed by atoms with van der Waals surface area (Å²) < 4.78 is 1.72. The van der Waals surface area contributed by atoms with Gasteiger partial charge in [0.2, 0.25) is 5.91 Å². The highest BCUT2D eigenvalue weighted by molar-refractivity contribution is 7.99. The number of allylic oxidation sites excluding steroid dienone is 2. The summed E-state index contributed by atoms with van der Waals surface area (Å²) in [4.78, 5) is 32.0. The molecule has 5 rings (SSSR count). The maximum atomic E-state index is 13.3. The van der Waals surface area contributed by atoms with Gasteiger partial charge in [0.05, 0.1) is 22.2 Å². The summed E-state index contributed by atoms with van der Waals surface area (Å²) in [5, 5.41) is 14.3. The van der Waals surface area contributed by atoms with Gasteiger partial charge in [0, 0.05) is 11.4 Å². The van der Waals surface area contributed by atoms with Gasteiger partial charge in [-0.25, -0.2) is 4.98 Å². The summed E-state index contributed by atoms with van der Waals surface area (Å²) in [6, 6.07) is 9.63. The first-order chi connectivity index (χ1) is 16.6. The quantitative estimate of drug-likeness (QED) is 0.271. The van der Waals surface area contributed by atoms with E-state index < -0.39 is 0 Å². The Kier molecular flexibility index (Phi) is 6.84. The topological polar surface area (TPSA) is 87.8 Å². The maximum Gasteiger partial charge on any atom is 0.262 e. The molecule has 0 saturated carbocycles. The number of carbonyl (C=O) groups is 1. The smallest absolute Gasteiger partial charge is 0.262 e. The third-order valence-corrected chi connectivity index (χ3v) is 8.67. The molecule has 1 N–H and O–H groups in total. The molecule has 0 radical (unpaired) electrons. The van der Waals surface area contributed by atoms with E-state index in [1.807, 2.05) is 24.3 Å². The van der Waals surface area contributed by atoms with E-state index in [9.17, 15) is 14.9 Å². The Bertz CT molecular complexity index is 1380. The summed E-state index contributed by atoms with van der Waals surface area (Å²) >= 11 is 2.79. The minimum absolute atomic E-state index is 0.0635. The van der Waals surface area contributed by atoms with Crippen LogP contribution in [0.5, 0.6) is 0 Å². The maximum absolute atomic E-state index is 13.3. The van der Waals surface area contributed by atoms with Gasteiger partial charge in [-0.1, -0.05) is 35.5 Å². The Morgan fingerprint density at radius 1 is 1.21 bits per heavy atom. The predicted molar refractivity (Wildman–Crippen MR) is 138 cm³/mol. The third-order valence-electron chi connectivity index (χ3n) is 6.49. The van der Waals surface area contributed by atoms with Crippen molar-refractivity contribution < 1.29 is 4.79 Å². The minimum Gasteiger partial charge on any atom is -0.316 e. The number of hydrogen-bond donors (Lipinski definition) is 1. The Morgan fingerprint density at radius 2 is 2.09 bits per heavy atom. The summed E-state index contributed by atoms with van der Waals surface area (Å²) in [6.07, 6.45) is 10.7. The minimum atomic E-state index is -0.189. The number of thiophene rings is 1. The average molecular weight is 491 g/mol. The van der Waals surface area contributed by atoms with E-state index in [2.05, 4.69) is 17.5 Å². The van der Waals surface area contributed by atoms with Crippen LogP contribution >= 0.6 is 23.1 Å². The van der Waals surface area contributed by atoms with Crippen LogP contribution in [0.4, 0.5) is 5.00 Å². The van der Waals surface area contributed by atoms with Crippen LogP contribution in [0.25, 0.3) is 10.9 Å². The number of aryl methyl sites for hydroxylation is 1. The fourth-order valence-electron chi connectivity index (χ4n) is 4.75. The van der Waals surface area contributed by atoms with Gasteiger partial charge in [0.15, 0.2) is 5.16 Å². The number of nitrogens with one attached hydrogen (secondary N) is 1. The largest absolute Gasteiger partial charge is 0.316 e. The van der Waals surface area contributed by atoms with E-state index in [4.69, 9.17) is 4.98 Å². The van der Waals surface area contributed by atoms with Crippen LogP contribution in [-0.2, 0) is 24.2 Å². The fourth-order valence-corrected chi connectivity index (χ4v) is 6.83. The molecular formula is C26H26N4O2S2. The Balaban J connectivity index is 1.35. The highest BCUT2D eigenvalue weighted by atomic mass is 32.2. The number of para-hydroxylation sites is 1. The fraction of sp³-hybridized carbons (Fsp3) is 0.385. The zero-order chi connectivity index (χ0) is 23.5. The van der Waals surface area contributed by atoms with Crippen molar-refractivity contribution in [3.8, 4) is 6.07 Å². The molecule has 1 amide bonds. The number of carbonyl (C=O) groups excluding carboxylic acids is 1. The lowest BCUT2D eigenvalue weighted by atomic mass is 9.97. The SMILES string of the molecule is N#Cc1c(NC(=O)CSc2nc3ccccc3c(=O)n2CCC2=CCCCC2)sc2c1CCC2. The monoisotopic (exact) mass is 490 g/mol. The third kappa shape index (κ3) is 4.68. The molecule has 6 nitrogen and oxygen atoms in total. The van der Waals surface area contributed by atoms with Gasteiger partial charge >= 0.3 is 0 Å². The van der Waals surface area contributed by atoms with Crippen molar-refractivity contribution in [2.75, 3.05) is 11.1 Å². The summed E-state index contributed by atoms with van der Waals surface area (Å²) in [6.45, 7) is 0.558. The average Bonchev–Trinajstić information content (AvgIpc) is 3.44. The molecule has 0 bridgehead atoms. The predicted octanol–water partition coefficient (Wildman–Crippen LogP) is 5.44. The molecule has 2 aliphatic carbocycles. The van der Waals surface area contributed by atoms with Crippen molar-refractivity contribution in [2.24, 2.45) is 0 Å². The van der Waals surface area contributed by atoms with E-state index in [1.165, 1.54) is 46.4 Å². The Labute approximate surface area is 206 Å². The molecule has 0 atom stereocenters. The highest BCUT2D eigenvalue weighted by Gasteiger charge is 2.23. The van der Waals surface area contributed by atoms with Crippen LogP contribution in [0, 0.1) is 11.3 Å². The number of rotatable bonds is 7. The standard InChI is InChI=1S/C26H26N4O2S2/c27-15-20-18-10-6-12-22(18)34-24(20)29-23(31)16-33-26-28-21-11-5-4-9-19(21)25(32)30(26)14-13-17-7-2-1-3-8-17/h4-5,7,9,11H,1-3,6,8,10,12-14,16H2,(H,29,31). The zero-order valence-corrected chi connectivity index (χ0v) is 20.6. The summed E-state index contributed by atoms with van der Waals surface area (Å²) in [7, 11) is 0. The van der Waals surface area contributed by atoms with Crippen LogP contribution < -0.4 is 10.9 Å². The molecule has 0 aliphatic heterocycles. The van der Waals surface area contributed by atoms with Gasteiger partial charge in [0.1, 0.15) is 11.1 Å². The van der Waals surface area contributed by atoms with Gasteiger partial charge in [-0.2, -0.15) is 5.26 Å². The second-order valence-electron chi connectivity index (χ2n) is 8.74. The molecule has 1 aromatic carbocycles. The van der Waals surface area contributed by atoms with Crippen LogP contribution in [0.1, 0.15) is 54.5 Å². The number of benzene rings is 1. The van der Waals surface area contributed by atoms with Crippen molar-refractivity contribution in [3.05, 3.63) is 62.3 Å². The molecule has 174 valence electrons. The number of thioether (sulfide) groups is 1. The van der Waals surface area contributed by atoms with E-state index in [0.29, 0.717) is 33.2 Å². The molecule has 0 unspecified atom stereocenters. The van der Waals surface area contributed by atoms with Gasteiger partial charge < -0.3 is 5.32 Å². The van der Waals surface area contributed by atoms with E-state index in [-0.39, 0.29) is 17.2 Å². The molecule has 8 heteroatoms. The molecule has 0 fully saturated rings. The van der Waals surface area contributed by atoms with Gasteiger partial charge in [-0.05, 0) is 69.1 Å². The molecule has 2 heterocycles. The lowest BCUT2D eigenvalue weighted by molar-refractivity contribution is -0.113. The second kappa shape index (κ2) is 10.2. The van der Waals surface area contributed by atoms with Gasteiger partial charge in [-0.15, -0.1) is 11.3 Å². The molecule has 0 spiro atoms. The number of fused-ring (bicyclic) bond motifs is 2. The molecule has 2 aliphatic rings. The first-order valence-electron chi connectivity index (χ1n) is 11.8. The number of aromatic nitrogens is 2. The first-order valence-corrected chi connectivity index (χ1v) is 13.6. The number of hydrogen-bond acceptors (Lipinski definition) is 6. The van der Waals surface area contributed by atoms with Crippen molar-refractivity contribution in [2.45, 2.75) is 63.1 Å².